The third-order valence-corrected chi connectivity index (χ3v) is 1.55. The monoisotopic (exact) mass is 196 g/mol. The molecule has 0 saturated heterocycles. The van der Waals surface area contributed by atoms with Crippen LogP contribution >= 0.6 is 25.3 Å². The zero-order chi connectivity index (χ0) is 8.36. The van der Waals surface area contributed by atoms with Crippen molar-refractivity contribution in [2.75, 3.05) is 37.9 Å². The summed E-state index contributed by atoms with van der Waals surface area (Å²) in [6, 6.07) is 0. The van der Waals surface area contributed by atoms with Crippen LogP contribution in [0.5, 0.6) is 0 Å². The smallest absolute Gasteiger partial charge is 0.0700 e. The fourth-order valence-electron chi connectivity index (χ4n) is 0.553. The summed E-state index contributed by atoms with van der Waals surface area (Å²) >= 11 is 8.06. The highest BCUT2D eigenvalue weighted by molar-refractivity contribution is 7.80. The van der Waals surface area contributed by atoms with Crippen LogP contribution in [-0.4, -0.2) is 37.9 Å². The molecule has 0 amide bonds. The molecule has 0 heterocycles. The molecule has 68 valence electrons. The van der Waals surface area contributed by atoms with Crippen LogP contribution in [0.1, 0.15) is 6.42 Å². The van der Waals surface area contributed by atoms with Gasteiger partial charge in [-0.1, -0.05) is 0 Å². The van der Waals surface area contributed by atoms with E-state index in [0.29, 0.717) is 19.8 Å². The van der Waals surface area contributed by atoms with Crippen molar-refractivity contribution in [3.8, 4) is 0 Å². The molecule has 11 heavy (non-hydrogen) atoms. The first kappa shape index (κ1) is 11.6. The zero-order valence-electron chi connectivity index (χ0n) is 6.66. The van der Waals surface area contributed by atoms with Crippen molar-refractivity contribution in [2.45, 2.75) is 6.42 Å². The quantitative estimate of drug-likeness (QED) is 0.450. The van der Waals surface area contributed by atoms with Gasteiger partial charge in [0, 0.05) is 12.4 Å². The lowest BCUT2D eigenvalue weighted by Crippen LogP contribution is -2.06. The van der Waals surface area contributed by atoms with Crippen molar-refractivity contribution >= 4 is 25.3 Å². The Bertz CT molecular complexity index is 63.5. The number of hydrogen-bond acceptors (Lipinski definition) is 4. The van der Waals surface area contributed by atoms with Crippen LogP contribution in [-0.2, 0) is 9.47 Å². The van der Waals surface area contributed by atoms with E-state index in [9.17, 15) is 0 Å². The second kappa shape index (κ2) is 10.6. The van der Waals surface area contributed by atoms with Gasteiger partial charge in [-0.05, 0) is 12.2 Å². The van der Waals surface area contributed by atoms with Gasteiger partial charge in [-0.3, -0.25) is 0 Å². The average Bonchev–Trinajstić information content (AvgIpc) is 2.03. The van der Waals surface area contributed by atoms with Crippen molar-refractivity contribution in [3.63, 3.8) is 0 Å². The molecular weight excluding hydrogens is 180 g/mol. The third kappa shape index (κ3) is 10.6. The van der Waals surface area contributed by atoms with Gasteiger partial charge in [0.2, 0.25) is 0 Å². The highest BCUT2D eigenvalue weighted by Crippen LogP contribution is 1.86. The summed E-state index contributed by atoms with van der Waals surface area (Å²) in [4.78, 5) is 0. The summed E-state index contributed by atoms with van der Waals surface area (Å²) in [5.41, 5.74) is 0. The van der Waals surface area contributed by atoms with Gasteiger partial charge in [-0.25, -0.2) is 0 Å². The van der Waals surface area contributed by atoms with E-state index in [-0.39, 0.29) is 0 Å². The Kier molecular flexibility index (Phi) is 11.2. The fourth-order valence-corrected chi connectivity index (χ4v) is 0.811. The molecule has 0 bridgehead atoms. The molecule has 0 aromatic heterocycles. The van der Waals surface area contributed by atoms with Crippen molar-refractivity contribution in [1.29, 1.82) is 0 Å². The Hall–Kier alpha value is 0.620. The number of hydrogen-bond donors (Lipinski definition) is 2. The van der Waals surface area contributed by atoms with E-state index in [0.717, 1.165) is 24.5 Å². The third-order valence-electron chi connectivity index (χ3n) is 1.05. The van der Waals surface area contributed by atoms with Crippen LogP contribution in [0.2, 0.25) is 0 Å². The molecule has 0 N–H and O–H groups in total. The van der Waals surface area contributed by atoms with Crippen LogP contribution in [0.15, 0.2) is 0 Å². The molecule has 0 saturated carbocycles. The maximum absolute atomic E-state index is 5.22. The molecule has 2 nitrogen and oxygen atoms in total. The Morgan fingerprint density at radius 1 is 0.727 bits per heavy atom. The molecular formula is C7H16O2S2. The van der Waals surface area contributed by atoms with E-state index in [2.05, 4.69) is 25.3 Å². The second-order valence-corrected chi connectivity index (χ2v) is 2.92. The predicted octanol–water partition coefficient (Wildman–Crippen LogP) is 1.27. The summed E-state index contributed by atoms with van der Waals surface area (Å²) < 4.78 is 10.4. The van der Waals surface area contributed by atoms with E-state index in [1.54, 1.807) is 0 Å². The maximum atomic E-state index is 5.22. The first-order valence-electron chi connectivity index (χ1n) is 3.79. The Balaban J connectivity index is 2.69. The molecule has 0 aliphatic heterocycles. The second-order valence-electron chi connectivity index (χ2n) is 2.03. The van der Waals surface area contributed by atoms with Crippen molar-refractivity contribution in [3.05, 3.63) is 0 Å². The standard InChI is InChI=1S/C7H16O2S2/c10-6-1-2-8-3-4-9-5-7-11/h10-11H,1-7H2. The topological polar surface area (TPSA) is 18.5 Å². The number of thiol groups is 2. The molecule has 0 unspecified atom stereocenters. The lowest BCUT2D eigenvalue weighted by atomic mass is 10.5. The number of rotatable bonds is 8. The predicted molar refractivity (Wildman–Crippen MR) is 54.0 cm³/mol. The van der Waals surface area contributed by atoms with Crippen LogP contribution < -0.4 is 0 Å². The van der Waals surface area contributed by atoms with Gasteiger partial charge in [0.15, 0.2) is 0 Å². The minimum atomic E-state index is 0.674. The van der Waals surface area contributed by atoms with Crippen molar-refractivity contribution in [1.82, 2.24) is 0 Å². The summed E-state index contributed by atoms with van der Waals surface area (Å²) in [5.74, 6) is 1.66. The lowest BCUT2D eigenvalue weighted by Gasteiger charge is -2.02. The van der Waals surface area contributed by atoms with Crippen LogP contribution in [0.3, 0.4) is 0 Å². The van der Waals surface area contributed by atoms with Gasteiger partial charge in [0.05, 0.1) is 19.8 Å². The molecule has 4 heteroatoms. The fraction of sp³-hybridized carbons (Fsp3) is 1.00. The molecule has 0 spiro atoms. The van der Waals surface area contributed by atoms with E-state index in [1.165, 1.54) is 0 Å². The van der Waals surface area contributed by atoms with Gasteiger partial charge in [-0.15, -0.1) is 0 Å². The summed E-state index contributed by atoms with van der Waals surface area (Å²) in [6.45, 7) is 2.85. The average molecular weight is 196 g/mol. The number of ether oxygens (including phenoxy) is 2. The maximum Gasteiger partial charge on any atom is 0.0700 e. The summed E-state index contributed by atoms with van der Waals surface area (Å²) in [5, 5.41) is 0. The van der Waals surface area contributed by atoms with E-state index in [1.807, 2.05) is 0 Å². The molecule has 0 fully saturated rings. The van der Waals surface area contributed by atoms with Crippen LogP contribution in [0, 0.1) is 0 Å². The Labute approximate surface area is 79.5 Å². The minimum absolute atomic E-state index is 0.674. The molecule has 0 aromatic carbocycles. The van der Waals surface area contributed by atoms with Gasteiger partial charge in [-0.2, -0.15) is 25.3 Å². The normalized spacial score (nSPS) is 10.4. The Morgan fingerprint density at radius 3 is 1.91 bits per heavy atom. The van der Waals surface area contributed by atoms with Crippen molar-refractivity contribution in [2.24, 2.45) is 0 Å². The van der Waals surface area contributed by atoms with E-state index < -0.39 is 0 Å². The van der Waals surface area contributed by atoms with Crippen molar-refractivity contribution < 1.29 is 9.47 Å². The molecule has 0 rings (SSSR count). The van der Waals surface area contributed by atoms with Crippen LogP contribution in [0.25, 0.3) is 0 Å². The largest absolute Gasteiger partial charge is 0.379 e. The van der Waals surface area contributed by atoms with Gasteiger partial charge < -0.3 is 9.47 Å². The first-order chi connectivity index (χ1) is 5.41. The molecule has 0 radical (unpaired) electrons. The summed E-state index contributed by atoms with van der Waals surface area (Å²) in [6.07, 6.45) is 1.01. The highest BCUT2D eigenvalue weighted by atomic mass is 32.1. The summed E-state index contributed by atoms with van der Waals surface area (Å²) in [7, 11) is 0. The van der Waals surface area contributed by atoms with Crippen LogP contribution in [0.4, 0.5) is 0 Å². The van der Waals surface area contributed by atoms with Gasteiger partial charge in [0.25, 0.3) is 0 Å². The highest BCUT2D eigenvalue weighted by Gasteiger charge is 1.87. The van der Waals surface area contributed by atoms with E-state index >= 15 is 0 Å². The molecule has 0 aromatic rings. The first-order valence-corrected chi connectivity index (χ1v) is 5.05. The molecule has 0 aliphatic carbocycles. The van der Waals surface area contributed by atoms with Gasteiger partial charge in [0.1, 0.15) is 0 Å². The minimum Gasteiger partial charge on any atom is -0.379 e. The lowest BCUT2D eigenvalue weighted by molar-refractivity contribution is 0.0545. The zero-order valence-corrected chi connectivity index (χ0v) is 8.45. The molecule has 0 atom stereocenters. The Morgan fingerprint density at radius 2 is 1.36 bits per heavy atom. The SMILES string of the molecule is SCCCOCCOCCS. The van der Waals surface area contributed by atoms with E-state index in [4.69, 9.17) is 9.47 Å². The molecule has 0 aliphatic rings. The van der Waals surface area contributed by atoms with Gasteiger partial charge >= 0.3 is 0 Å².